The first-order valence-corrected chi connectivity index (χ1v) is 8.91. The monoisotopic (exact) mass is 356 g/mol. The van der Waals surface area contributed by atoms with Crippen molar-refractivity contribution in [2.45, 2.75) is 26.2 Å². The van der Waals surface area contributed by atoms with E-state index in [4.69, 9.17) is 4.98 Å². The summed E-state index contributed by atoms with van der Waals surface area (Å²) in [7, 11) is 1.36. The number of para-hydroxylation sites is 2. The van der Waals surface area contributed by atoms with E-state index in [2.05, 4.69) is 14.6 Å². The topological polar surface area (TPSA) is 75.6 Å². The zero-order valence-electron chi connectivity index (χ0n) is 15.3. The van der Waals surface area contributed by atoms with Crippen molar-refractivity contribution in [3.05, 3.63) is 30.0 Å². The minimum absolute atomic E-state index is 0.0925. The molecular formula is C19H24N4O3. The van der Waals surface area contributed by atoms with Gasteiger partial charge in [0.2, 0.25) is 5.91 Å². The number of anilines is 1. The van der Waals surface area contributed by atoms with E-state index in [1.54, 1.807) is 0 Å². The van der Waals surface area contributed by atoms with Crippen LogP contribution in [-0.4, -0.2) is 60.0 Å². The molecule has 0 bridgehead atoms. The number of methoxy groups -OCH3 is 1. The summed E-state index contributed by atoms with van der Waals surface area (Å²) in [5, 5.41) is 0. The van der Waals surface area contributed by atoms with Crippen LogP contribution in [0.25, 0.3) is 11.0 Å². The molecule has 0 N–H and O–H groups in total. The van der Waals surface area contributed by atoms with E-state index in [0.29, 0.717) is 25.9 Å². The molecule has 0 saturated carbocycles. The van der Waals surface area contributed by atoms with Gasteiger partial charge in [-0.1, -0.05) is 12.1 Å². The Morgan fingerprint density at radius 1 is 1.04 bits per heavy atom. The summed E-state index contributed by atoms with van der Waals surface area (Å²) in [6.45, 7) is 4.75. The molecule has 1 aliphatic heterocycles. The second-order valence-electron chi connectivity index (χ2n) is 6.42. The van der Waals surface area contributed by atoms with Crippen LogP contribution in [-0.2, 0) is 14.3 Å². The highest BCUT2D eigenvalue weighted by molar-refractivity contribution is 5.78. The van der Waals surface area contributed by atoms with Crippen LogP contribution < -0.4 is 4.90 Å². The van der Waals surface area contributed by atoms with Crippen molar-refractivity contribution in [3.63, 3.8) is 0 Å². The fourth-order valence-electron chi connectivity index (χ4n) is 3.19. The van der Waals surface area contributed by atoms with Crippen molar-refractivity contribution in [2.75, 3.05) is 38.2 Å². The lowest BCUT2D eigenvalue weighted by molar-refractivity contribution is -0.140. The van der Waals surface area contributed by atoms with Gasteiger partial charge in [0, 0.05) is 39.0 Å². The molecule has 1 saturated heterocycles. The number of aryl methyl sites for hydroxylation is 1. The maximum absolute atomic E-state index is 12.3. The number of ether oxygens (including phenoxy) is 1. The molecular weight excluding hydrogens is 332 g/mol. The van der Waals surface area contributed by atoms with E-state index in [9.17, 15) is 9.59 Å². The van der Waals surface area contributed by atoms with Crippen LogP contribution in [0, 0.1) is 6.92 Å². The molecule has 0 spiro atoms. The molecule has 1 fully saturated rings. The zero-order chi connectivity index (χ0) is 18.5. The Balaban J connectivity index is 1.57. The number of fused-ring (bicyclic) bond motifs is 1. The van der Waals surface area contributed by atoms with E-state index >= 15 is 0 Å². The van der Waals surface area contributed by atoms with Gasteiger partial charge >= 0.3 is 5.97 Å². The number of piperazine rings is 1. The Morgan fingerprint density at radius 2 is 1.69 bits per heavy atom. The van der Waals surface area contributed by atoms with Gasteiger partial charge in [0.25, 0.3) is 0 Å². The number of benzene rings is 1. The second-order valence-corrected chi connectivity index (χ2v) is 6.42. The van der Waals surface area contributed by atoms with Crippen LogP contribution in [0.3, 0.4) is 0 Å². The molecule has 0 aliphatic carbocycles. The van der Waals surface area contributed by atoms with E-state index in [-0.39, 0.29) is 18.3 Å². The number of rotatable bonds is 5. The number of amides is 1. The first-order chi connectivity index (χ1) is 12.6. The predicted molar refractivity (Wildman–Crippen MR) is 98.9 cm³/mol. The number of esters is 1. The fraction of sp³-hybridized carbons (Fsp3) is 0.474. The average Bonchev–Trinajstić information content (AvgIpc) is 2.67. The van der Waals surface area contributed by atoms with E-state index in [0.717, 1.165) is 35.6 Å². The molecule has 0 atom stereocenters. The molecule has 2 aromatic rings. The molecule has 138 valence electrons. The normalized spacial score (nSPS) is 14.5. The standard InChI is InChI=1S/C19H24N4O3/c1-14-19(21-16-7-4-3-6-15(16)20-14)23-12-10-22(11-13-23)17(24)8-5-9-18(25)26-2/h3-4,6-7H,5,8-13H2,1-2H3. The van der Waals surface area contributed by atoms with Gasteiger partial charge in [-0.15, -0.1) is 0 Å². The van der Waals surface area contributed by atoms with Crippen molar-refractivity contribution in [1.29, 1.82) is 0 Å². The molecule has 0 radical (unpaired) electrons. The summed E-state index contributed by atoms with van der Waals surface area (Å²) in [5.74, 6) is 0.712. The van der Waals surface area contributed by atoms with E-state index in [1.807, 2.05) is 36.1 Å². The highest BCUT2D eigenvalue weighted by Crippen LogP contribution is 2.21. The van der Waals surface area contributed by atoms with Crippen LogP contribution in [0.15, 0.2) is 24.3 Å². The molecule has 2 heterocycles. The van der Waals surface area contributed by atoms with Gasteiger partial charge < -0.3 is 14.5 Å². The predicted octanol–water partition coefficient (Wildman–Crippen LogP) is 1.93. The summed E-state index contributed by atoms with van der Waals surface area (Å²) < 4.78 is 4.60. The molecule has 26 heavy (non-hydrogen) atoms. The number of nitrogens with zero attached hydrogens (tertiary/aromatic N) is 4. The second kappa shape index (κ2) is 8.12. The van der Waals surface area contributed by atoms with Crippen LogP contribution in [0.1, 0.15) is 25.0 Å². The van der Waals surface area contributed by atoms with Crippen molar-refractivity contribution in [3.8, 4) is 0 Å². The molecule has 7 heteroatoms. The summed E-state index contributed by atoms with van der Waals surface area (Å²) in [5.41, 5.74) is 2.68. The number of hydrogen-bond donors (Lipinski definition) is 0. The van der Waals surface area contributed by atoms with E-state index < -0.39 is 0 Å². The minimum atomic E-state index is -0.270. The molecule has 1 aromatic carbocycles. The summed E-state index contributed by atoms with van der Waals surface area (Å²) in [6.07, 6.45) is 1.19. The Labute approximate surface area is 153 Å². The number of hydrogen-bond acceptors (Lipinski definition) is 6. The Morgan fingerprint density at radius 3 is 2.35 bits per heavy atom. The first kappa shape index (κ1) is 18.1. The van der Waals surface area contributed by atoms with Gasteiger partial charge in [0.15, 0.2) is 5.82 Å². The van der Waals surface area contributed by atoms with E-state index in [1.165, 1.54) is 7.11 Å². The lowest BCUT2D eigenvalue weighted by atomic mass is 10.2. The SMILES string of the molecule is COC(=O)CCCC(=O)N1CCN(c2nc3ccccc3nc2C)CC1. The van der Waals surface area contributed by atoms with Crippen molar-refractivity contribution < 1.29 is 14.3 Å². The summed E-state index contributed by atoms with van der Waals surface area (Å²) in [6, 6.07) is 7.85. The quantitative estimate of drug-likeness (QED) is 0.762. The van der Waals surface area contributed by atoms with Crippen molar-refractivity contribution in [2.24, 2.45) is 0 Å². The Hall–Kier alpha value is -2.70. The Kier molecular flexibility index (Phi) is 5.65. The zero-order valence-corrected chi connectivity index (χ0v) is 15.3. The molecule has 1 amide bonds. The molecule has 3 rings (SSSR count). The fourth-order valence-corrected chi connectivity index (χ4v) is 3.19. The third-order valence-corrected chi connectivity index (χ3v) is 4.65. The third kappa shape index (κ3) is 4.09. The molecule has 0 unspecified atom stereocenters. The number of carbonyl (C=O) groups is 2. The first-order valence-electron chi connectivity index (χ1n) is 8.91. The van der Waals surface area contributed by atoms with Crippen LogP contribution >= 0.6 is 0 Å². The van der Waals surface area contributed by atoms with Gasteiger partial charge in [-0.25, -0.2) is 9.97 Å². The number of carbonyl (C=O) groups excluding carboxylic acids is 2. The molecule has 1 aromatic heterocycles. The van der Waals surface area contributed by atoms with Gasteiger partial charge in [-0.3, -0.25) is 9.59 Å². The highest BCUT2D eigenvalue weighted by atomic mass is 16.5. The highest BCUT2D eigenvalue weighted by Gasteiger charge is 2.23. The largest absolute Gasteiger partial charge is 0.469 e. The molecule has 7 nitrogen and oxygen atoms in total. The maximum Gasteiger partial charge on any atom is 0.305 e. The van der Waals surface area contributed by atoms with Crippen molar-refractivity contribution >= 4 is 28.7 Å². The van der Waals surface area contributed by atoms with Gasteiger partial charge in [-0.05, 0) is 25.5 Å². The molecule has 1 aliphatic rings. The number of aromatic nitrogens is 2. The maximum atomic E-state index is 12.3. The smallest absolute Gasteiger partial charge is 0.305 e. The lowest BCUT2D eigenvalue weighted by Gasteiger charge is -2.36. The average molecular weight is 356 g/mol. The summed E-state index contributed by atoms with van der Waals surface area (Å²) in [4.78, 5) is 36.9. The van der Waals surface area contributed by atoms with Gasteiger partial charge in [0.1, 0.15) is 0 Å². The van der Waals surface area contributed by atoms with Crippen LogP contribution in [0.5, 0.6) is 0 Å². The van der Waals surface area contributed by atoms with Gasteiger partial charge in [0.05, 0.1) is 23.8 Å². The summed E-state index contributed by atoms with van der Waals surface area (Å²) >= 11 is 0. The third-order valence-electron chi connectivity index (χ3n) is 4.65. The minimum Gasteiger partial charge on any atom is -0.469 e. The van der Waals surface area contributed by atoms with Gasteiger partial charge in [-0.2, -0.15) is 0 Å². The lowest BCUT2D eigenvalue weighted by Crippen LogP contribution is -2.49. The van der Waals surface area contributed by atoms with Crippen LogP contribution in [0.4, 0.5) is 5.82 Å². The van der Waals surface area contributed by atoms with Crippen molar-refractivity contribution in [1.82, 2.24) is 14.9 Å². The Bertz CT molecular complexity index is 800. The van der Waals surface area contributed by atoms with Crippen LogP contribution in [0.2, 0.25) is 0 Å².